The fraction of sp³-hybridized carbons (Fsp3) is 0.385. The molecule has 0 unspecified atom stereocenters. The highest BCUT2D eigenvalue weighted by atomic mass is 14.9. The molecule has 1 N–H and O–H groups in total. The van der Waals surface area contributed by atoms with E-state index < -0.39 is 0 Å². The molecule has 0 aliphatic heterocycles. The monoisotopic (exact) mass is 187 g/mol. The summed E-state index contributed by atoms with van der Waals surface area (Å²) in [5.41, 5.74) is 2.56. The lowest BCUT2D eigenvalue weighted by Crippen LogP contribution is -1.99. The topological polar surface area (TPSA) is 12.0 Å². The van der Waals surface area contributed by atoms with Crippen molar-refractivity contribution in [1.82, 2.24) is 0 Å². The van der Waals surface area contributed by atoms with Crippen molar-refractivity contribution in [2.24, 2.45) is 0 Å². The molecule has 0 bridgehead atoms. The summed E-state index contributed by atoms with van der Waals surface area (Å²) in [4.78, 5) is 0. The van der Waals surface area contributed by atoms with Crippen LogP contribution in [-0.2, 0) is 6.42 Å². The Morgan fingerprint density at radius 2 is 1.93 bits per heavy atom. The summed E-state index contributed by atoms with van der Waals surface area (Å²) in [5.74, 6) is 5.91. The van der Waals surface area contributed by atoms with Gasteiger partial charge in [0.15, 0.2) is 0 Å². The first-order valence-corrected chi connectivity index (χ1v) is 5.09. The van der Waals surface area contributed by atoms with Crippen LogP contribution < -0.4 is 5.32 Å². The van der Waals surface area contributed by atoms with E-state index in [0.717, 1.165) is 19.4 Å². The molecular weight excluding hydrogens is 170 g/mol. The largest absolute Gasteiger partial charge is 0.384 e. The molecule has 74 valence electrons. The van der Waals surface area contributed by atoms with E-state index in [9.17, 15) is 0 Å². The number of anilines is 1. The zero-order valence-corrected chi connectivity index (χ0v) is 8.93. The Labute approximate surface area is 86.5 Å². The van der Waals surface area contributed by atoms with E-state index in [1.807, 2.05) is 6.92 Å². The number of hydrogen-bond acceptors (Lipinski definition) is 1. The quantitative estimate of drug-likeness (QED) is 0.564. The maximum Gasteiger partial charge on any atom is 0.0340 e. The lowest BCUT2D eigenvalue weighted by molar-refractivity contribution is 1.09. The normalized spacial score (nSPS) is 9.00. The van der Waals surface area contributed by atoms with Gasteiger partial charge in [-0.2, -0.15) is 0 Å². The van der Waals surface area contributed by atoms with Crippen LogP contribution in [0.2, 0.25) is 0 Å². The van der Waals surface area contributed by atoms with Crippen LogP contribution in [0.15, 0.2) is 24.3 Å². The van der Waals surface area contributed by atoms with Crippen molar-refractivity contribution < 1.29 is 0 Å². The Balaban J connectivity index is 2.38. The number of benzene rings is 1. The van der Waals surface area contributed by atoms with E-state index in [-0.39, 0.29) is 0 Å². The molecule has 0 fully saturated rings. The van der Waals surface area contributed by atoms with Crippen LogP contribution in [0.5, 0.6) is 0 Å². The molecular formula is C13H17N. The van der Waals surface area contributed by atoms with E-state index in [4.69, 9.17) is 0 Å². The maximum absolute atomic E-state index is 3.33. The molecule has 0 heterocycles. The summed E-state index contributed by atoms with van der Waals surface area (Å²) >= 11 is 0. The van der Waals surface area contributed by atoms with Crippen LogP contribution >= 0.6 is 0 Å². The lowest BCUT2D eigenvalue weighted by Gasteiger charge is -2.04. The summed E-state index contributed by atoms with van der Waals surface area (Å²) in [6.07, 6.45) is 2.01. The second kappa shape index (κ2) is 6.10. The first-order valence-electron chi connectivity index (χ1n) is 5.09. The first-order chi connectivity index (χ1) is 6.86. The van der Waals surface area contributed by atoms with Gasteiger partial charge in [0.25, 0.3) is 0 Å². The van der Waals surface area contributed by atoms with Gasteiger partial charge in [-0.25, -0.2) is 0 Å². The van der Waals surface area contributed by atoms with Crippen LogP contribution in [0.4, 0.5) is 5.69 Å². The molecule has 0 radical (unpaired) electrons. The maximum atomic E-state index is 3.33. The molecule has 1 rings (SSSR count). The van der Waals surface area contributed by atoms with Gasteiger partial charge < -0.3 is 5.32 Å². The SMILES string of the molecule is CC#CCCNc1ccc(CC)cc1. The van der Waals surface area contributed by atoms with Crippen molar-refractivity contribution in [1.29, 1.82) is 0 Å². The summed E-state index contributed by atoms with van der Waals surface area (Å²) in [7, 11) is 0. The standard InChI is InChI=1S/C13H17N/c1-3-5-6-11-14-13-9-7-12(4-2)8-10-13/h7-10,14H,4,6,11H2,1-2H3. The average Bonchev–Trinajstić information content (AvgIpc) is 2.25. The van der Waals surface area contributed by atoms with E-state index in [1.54, 1.807) is 0 Å². The molecule has 1 aromatic rings. The smallest absolute Gasteiger partial charge is 0.0340 e. The highest BCUT2D eigenvalue weighted by molar-refractivity contribution is 5.44. The molecule has 0 atom stereocenters. The van der Waals surface area contributed by atoms with Crippen molar-refractivity contribution >= 4 is 5.69 Å². The number of hydrogen-bond donors (Lipinski definition) is 1. The molecule has 0 saturated heterocycles. The van der Waals surface area contributed by atoms with Crippen LogP contribution in [-0.4, -0.2) is 6.54 Å². The third-order valence-corrected chi connectivity index (χ3v) is 2.12. The molecule has 0 saturated carbocycles. The van der Waals surface area contributed by atoms with Gasteiger partial charge >= 0.3 is 0 Å². The fourth-order valence-corrected chi connectivity index (χ4v) is 1.25. The van der Waals surface area contributed by atoms with Crippen molar-refractivity contribution in [2.45, 2.75) is 26.7 Å². The number of nitrogens with one attached hydrogen (secondary N) is 1. The van der Waals surface area contributed by atoms with Crippen molar-refractivity contribution in [3.05, 3.63) is 29.8 Å². The van der Waals surface area contributed by atoms with Gasteiger partial charge in [0, 0.05) is 18.7 Å². The number of aryl methyl sites for hydroxylation is 1. The van der Waals surface area contributed by atoms with Gasteiger partial charge in [0.05, 0.1) is 0 Å². The Kier molecular flexibility index (Phi) is 4.64. The van der Waals surface area contributed by atoms with Crippen molar-refractivity contribution in [2.75, 3.05) is 11.9 Å². The predicted molar refractivity (Wildman–Crippen MR) is 62.4 cm³/mol. The second-order valence-electron chi connectivity index (χ2n) is 3.15. The molecule has 0 spiro atoms. The Morgan fingerprint density at radius 3 is 2.50 bits per heavy atom. The van der Waals surface area contributed by atoms with Gasteiger partial charge in [-0.15, -0.1) is 11.8 Å². The fourth-order valence-electron chi connectivity index (χ4n) is 1.25. The molecule has 0 amide bonds. The van der Waals surface area contributed by atoms with Gasteiger partial charge in [0.1, 0.15) is 0 Å². The van der Waals surface area contributed by atoms with Crippen LogP contribution in [0.25, 0.3) is 0 Å². The molecule has 1 nitrogen and oxygen atoms in total. The van der Waals surface area contributed by atoms with Crippen LogP contribution in [0.3, 0.4) is 0 Å². The summed E-state index contributed by atoms with van der Waals surface area (Å²) < 4.78 is 0. The zero-order chi connectivity index (χ0) is 10.2. The minimum Gasteiger partial charge on any atom is -0.384 e. The van der Waals surface area contributed by atoms with E-state index >= 15 is 0 Å². The molecule has 0 aromatic heterocycles. The Bertz CT molecular complexity index is 313. The number of rotatable bonds is 4. The highest BCUT2D eigenvalue weighted by Crippen LogP contribution is 2.09. The second-order valence-corrected chi connectivity index (χ2v) is 3.15. The van der Waals surface area contributed by atoms with Crippen molar-refractivity contribution in [3.63, 3.8) is 0 Å². The molecule has 0 aliphatic rings. The lowest BCUT2D eigenvalue weighted by atomic mass is 10.1. The molecule has 1 aromatic carbocycles. The van der Waals surface area contributed by atoms with Gasteiger partial charge in [-0.05, 0) is 31.0 Å². The third-order valence-electron chi connectivity index (χ3n) is 2.12. The first kappa shape index (κ1) is 10.7. The molecule has 0 aliphatic carbocycles. The van der Waals surface area contributed by atoms with Gasteiger partial charge in [0.2, 0.25) is 0 Å². The summed E-state index contributed by atoms with van der Waals surface area (Å²) in [6, 6.07) is 8.57. The highest BCUT2D eigenvalue weighted by Gasteiger charge is 1.90. The molecule has 1 heteroatoms. The average molecular weight is 187 g/mol. The van der Waals surface area contributed by atoms with E-state index in [0.29, 0.717) is 0 Å². The van der Waals surface area contributed by atoms with E-state index in [2.05, 4.69) is 48.3 Å². The minimum atomic E-state index is 0.909. The van der Waals surface area contributed by atoms with Crippen molar-refractivity contribution in [3.8, 4) is 11.8 Å². The minimum absolute atomic E-state index is 0.909. The third kappa shape index (κ3) is 3.53. The van der Waals surface area contributed by atoms with Gasteiger partial charge in [-0.1, -0.05) is 19.1 Å². The van der Waals surface area contributed by atoms with E-state index in [1.165, 1.54) is 11.3 Å². The Morgan fingerprint density at radius 1 is 1.21 bits per heavy atom. The zero-order valence-electron chi connectivity index (χ0n) is 8.93. The summed E-state index contributed by atoms with van der Waals surface area (Å²) in [6.45, 7) is 4.96. The van der Waals surface area contributed by atoms with Crippen LogP contribution in [0, 0.1) is 11.8 Å². The van der Waals surface area contributed by atoms with Crippen LogP contribution in [0.1, 0.15) is 25.8 Å². The summed E-state index contributed by atoms with van der Waals surface area (Å²) in [5, 5.41) is 3.33. The van der Waals surface area contributed by atoms with Gasteiger partial charge in [-0.3, -0.25) is 0 Å². The molecule has 14 heavy (non-hydrogen) atoms. The Hall–Kier alpha value is -1.42. The predicted octanol–water partition coefficient (Wildman–Crippen LogP) is 3.07.